The van der Waals surface area contributed by atoms with Crippen LogP contribution in [-0.4, -0.2) is 38.9 Å². The molecule has 2 N–H and O–H groups in total. The Morgan fingerprint density at radius 1 is 1.13 bits per heavy atom. The van der Waals surface area contributed by atoms with Crippen LogP contribution in [0.1, 0.15) is 17.3 Å². The second-order valence-corrected chi connectivity index (χ2v) is 7.50. The highest BCUT2D eigenvalue weighted by Crippen LogP contribution is 2.17. The number of imidazole rings is 1. The van der Waals surface area contributed by atoms with Gasteiger partial charge in [0, 0.05) is 19.4 Å². The second-order valence-electron chi connectivity index (χ2n) is 6.58. The highest BCUT2D eigenvalue weighted by atomic mass is 32.2. The molecule has 2 heterocycles. The van der Waals surface area contributed by atoms with Crippen molar-refractivity contribution >= 4 is 28.7 Å². The van der Waals surface area contributed by atoms with Gasteiger partial charge in [-0.25, -0.2) is 4.98 Å². The summed E-state index contributed by atoms with van der Waals surface area (Å²) in [6.45, 7) is 0.454. The Kier molecular flexibility index (Phi) is 6.29. The molecule has 4 aromatic rings. The molecule has 0 fully saturated rings. The van der Waals surface area contributed by atoms with Gasteiger partial charge in [0.25, 0.3) is 5.22 Å². The molecule has 2 aromatic carbocycles. The molecule has 8 nitrogen and oxygen atoms in total. The number of H-pyrrole nitrogens is 1. The molecule has 2 aromatic heterocycles. The van der Waals surface area contributed by atoms with Crippen LogP contribution in [0.2, 0.25) is 0 Å². The average Bonchev–Trinajstić information content (AvgIpc) is 3.41. The van der Waals surface area contributed by atoms with Crippen molar-refractivity contribution in [2.45, 2.75) is 24.6 Å². The van der Waals surface area contributed by atoms with E-state index in [1.807, 2.05) is 48.5 Å². The third kappa shape index (κ3) is 5.18. The van der Waals surface area contributed by atoms with Crippen molar-refractivity contribution < 1.29 is 13.9 Å². The van der Waals surface area contributed by atoms with Crippen LogP contribution < -0.4 is 10.1 Å². The van der Waals surface area contributed by atoms with Gasteiger partial charge in [0.1, 0.15) is 11.6 Å². The van der Waals surface area contributed by atoms with Crippen molar-refractivity contribution in [3.8, 4) is 5.75 Å². The SMILES string of the molecule is COc1ccc(CNC(=O)CSc2nnc(CCc3nc4ccccc4[nH]3)o2)cc1. The van der Waals surface area contributed by atoms with Gasteiger partial charge in [-0.05, 0) is 29.8 Å². The zero-order valence-corrected chi connectivity index (χ0v) is 17.2. The number of methoxy groups -OCH3 is 1. The number of thioether (sulfide) groups is 1. The van der Waals surface area contributed by atoms with Gasteiger partial charge in [-0.15, -0.1) is 10.2 Å². The van der Waals surface area contributed by atoms with Crippen LogP contribution in [0.4, 0.5) is 0 Å². The largest absolute Gasteiger partial charge is 0.497 e. The molecule has 0 aliphatic heterocycles. The van der Waals surface area contributed by atoms with Crippen LogP contribution in [-0.2, 0) is 24.2 Å². The van der Waals surface area contributed by atoms with Crippen molar-refractivity contribution in [3.63, 3.8) is 0 Å². The lowest BCUT2D eigenvalue weighted by Crippen LogP contribution is -2.24. The monoisotopic (exact) mass is 423 g/mol. The molecule has 1 amide bonds. The van der Waals surface area contributed by atoms with Gasteiger partial charge in [-0.1, -0.05) is 36.0 Å². The van der Waals surface area contributed by atoms with Crippen LogP contribution >= 0.6 is 11.8 Å². The number of para-hydroxylation sites is 2. The number of aromatic amines is 1. The molecule has 0 bridgehead atoms. The first kappa shape index (κ1) is 20.0. The van der Waals surface area contributed by atoms with Gasteiger partial charge in [0.05, 0.1) is 23.9 Å². The first-order valence-electron chi connectivity index (χ1n) is 9.48. The quantitative estimate of drug-likeness (QED) is 0.398. The lowest BCUT2D eigenvalue weighted by Gasteiger charge is -2.05. The molecule has 0 spiro atoms. The maximum Gasteiger partial charge on any atom is 0.277 e. The molecule has 0 aliphatic carbocycles. The van der Waals surface area contributed by atoms with Crippen LogP contribution in [0.3, 0.4) is 0 Å². The molecule has 0 radical (unpaired) electrons. The molecular formula is C21H21N5O3S. The minimum atomic E-state index is -0.0992. The number of aryl methyl sites for hydroxylation is 2. The number of fused-ring (bicyclic) bond motifs is 1. The van der Waals surface area contributed by atoms with Gasteiger partial charge >= 0.3 is 0 Å². The topological polar surface area (TPSA) is 106 Å². The van der Waals surface area contributed by atoms with Crippen LogP contribution in [0.15, 0.2) is 58.2 Å². The Morgan fingerprint density at radius 3 is 2.77 bits per heavy atom. The van der Waals surface area contributed by atoms with Gasteiger partial charge in [0.2, 0.25) is 11.8 Å². The summed E-state index contributed by atoms with van der Waals surface area (Å²) >= 11 is 1.22. The van der Waals surface area contributed by atoms with E-state index < -0.39 is 0 Å². The number of amides is 1. The molecule has 30 heavy (non-hydrogen) atoms. The number of carbonyl (C=O) groups excluding carboxylic acids is 1. The fraction of sp³-hybridized carbons (Fsp3) is 0.238. The Labute approximate surface area is 177 Å². The summed E-state index contributed by atoms with van der Waals surface area (Å²) < 4.78 is 10.7. The summed E-state index contributed by atoms with van der Waals surface area (Å²) in [5, 5.41) is 11.3. The molecule has 4 rings (SSSR count). The van der Waals surface area contributed by atoms with E-state index in [-0.39, 0.29) is 11.7 Å². The number of rotatable bonds is 9. The van der Waals surface area contributed by atoms with Gasteiger partial charge in [0.15, 0.2) is 0 Å². The Morgan fingerprint density at radius 2 is 1.97 bits per heavy atom. The fourth-order valence-corrected chi connectivity index (χ4v) is 3.48. The highest BCUT2D eigenvalue weighted by Gasteiger charge is 2.11. The van der Waals surface area contributed by atoms with E-state index in [9.17, 15) is 4.79 Å². The summed E-state index contributed by atoms with van der Waals surface area (Å²) in [7, 11) is 1.62. The van der Waals surface area contributed by atoms with Crippen LogP contribution in [0.25, 0.3) is 11.0 Å². The summed E-state index contributed by atoms with van der Waals surface area (Å²) in [5.41, 5.74) is 2.95. The number of hydrogen-bond acceptors (Lipinski definition) is 7. The number of nitrogens with zero attached hydrogens (tertiary/aromatic N) is 3. The molecule has 0 unspecified atom stereocenters. The third-order valence-electron chi connectivity index (χ3n) is 4.44. The first-order valence-corrected chi connectivity index (χ1v) is 10.5. The molecule has 0 aliphatic rings. The van der Waals surface area contributed by atoms with Crippen LogP contribution in [0, 0.1) is 0 Å². The second kappa shape index (κ2) is 9.45. The predicted molar refractivity (Wildman–Crippen MR) is 113 cm³/mol. The maximum atomic E-state index is 12.1. The van der Waals surface area contributed by atoms with E-state index in [1.54, 1.807) is 7.11 Å². The number of ether oxygens (including phenoxy) is 1. The normalized spacial score (nSPS) is 11.0. The van der Waals surface area contributed by atoms with E-state index >= 15 is 0 Å². The average molecular weight is 423 g/mol. The van der Waals surface area contributed by atoms with Crippen LogP contribution in [0.5, 0.6) is 5.75 Å². The Hall–Kier alpha value is -3.33. The number of hydrogen-bond donors (Lipinski definition) is 2. The zero-order valence-electron chi connectivity index (χ0n) is 16.4. The molecule has 0 atom stereocenters. The van der Waals surface area contributed by atoms with Gasteiger partial charge < -0.3 is 19.5 Å². The minimum absolute atomic E-state index is 0.0992. The summed E-state index contributed by atoms with van der Waals surface area (Å²) in [5.74, 6) is 2.30. The van der Waals surface area contributed by atoms with Crippen molar-refractivity contribution in [2.75, 3.05) is 12.9 Å². The smallest absolute Gasteiger partial charge is 0.277 e. The van der Waals surface area contributed by atoms with E-state index in [0.29, 0.717) is 30.5 Å². The highest BCUT2D eigenvalue weighted by molar-refractivity contribution is 7.99. The van der Waals surface area contributed by atoms with E-state index in [2.05, 4.69) is 25.5 Å². The van der Waals surface area contributed by atoms with Crippen molar-refractivity contribution in [1.29, 1.82) is 0 Å². The van der Waals surface area contributed by atoms with Crippen molar-refractivity contribution in [1.82, 2.24) is 25.5 Å². The molecule has 154 valence electrons. The van der Waals surface area contributed by atoms with Gasteiger partial charge in [-0.3, -0.25) is 4.79 Å². The minimum Gasteiger partial charge on any atom is -0.497 e. The van der Waals surface area contributed by atoms with Gasteiger partial charge in [-0.2, -0.15) is 0 Å². The molecule has 9 heteroatoms. The number of nitrogens with one attached hydrogen (secondary N) is 2. The fourth-order valence-electron chi connectivity index (χ4n) is 2.87. The number of benzene rings is 2. The first-order chi connectivity index (χ1) is 14.7. The number of aromatic nitrogens is 4. The van der Waals surface area contributed by atoms with E-state index in [1.165, 1.54) is 11.8 Å². The molecule has 0 saturated carbocycles. The number of carbonyl (C=O) groups is 1. The maximum absolute atomic E-state index is 12.1. The summed E-state index contributed by atoms with van der Waals surface area (Å²) in [4.78, 5) is 19.9. The standard InChI is InChI=1S/C21H21N5O3S/c1-28-15-8-6-14(7-9-15)12-22-19(27)13-30-21-26-25-20(29-21)11-10-18-23-16-4-2-3-5-17(16)24-18/h2-9H,10-13H2,1H3,(H,22,27)(H,23,24). The Balaban J connectivity index is 1.21. The van der Waals surface area contributed by atoms with E-state index in [4.69, 9.17) is 9.15 Å². The predicted octanol–water partition coefficient (Wildman–Crippen LogP) is 3.15. The third-order valence-corrected chi connectivity index (χ3v) is 5.26. The van der Waals surface area contributed by atoms with E-state index in [0.717, 1.165) is 28.2 Å². The lowest BCUT2D eigenvalue weighted by atomic mass is 10.2. The lowest BCUT2D eigenvalue weighted by molar-refractivity contribution is -0.118. The zero-order chi connectivity index (χ0) is 20.8. The molecular weight excluding hydrogens is 402 g/mol. The van der Waals surface area contributed by atoms with Crippen molar-refractivity contribution in [3.05, 3.63) is 65.8 Å². The van der Waals surface area contributed by atoms with Crippen molar-refractivity contribution in [2.24, 2.45) is 0 Å². The summed E-state index contributed by atoms with van der Waals surface area (Å²) in [6.07, 6.45) is 1.25. The Bertz CT molecular complexity index is 1090. The summed E-state index contributed by atoms with van der Waals surface area (Å²) in [6, 6.07) is 15.4. The molecule has 0 saturated heterocycles.